The van der Waals surface area contributed by atoms with Crippen molar-refractivity contribution in [1.82, 2.24) is 9.97 Å². The lowest BCUT2D eigenvalue weighted by atomic mass is 10.2. The van der Waals surface area contributed by atoms with Crippen LogP contribution >= 0.6 is 7.60 Å². The quantitative estimate of drug-likeness (QED) is 0.268. The van der Waals surface area contributed by atoms with E-state index in [0.29, 0.717) is 11.3 Å². The zero-order valence-corrected chi connectivity index (χ0v) is 20.7. The van der Waals surface area contributed by atoms with E-state index in [9.17, 15) is 9.36 Å². The lowest BCUT2D eigenvalue weighted by molar-refractivity contribution is 0.0378. The summed E-state index contributed by atoms with van der Waals surface area (Å²) in [6.07, 6.45) is 0. The van der Waals surface area contributed by atoms with Gasteiger partial charge in [0.25, 0.3) is 0 Å². The summed E-state index contributed by atoms with van der Waals surface area (Å²) in [4.78, 5) is 21.4. The number of esters is 1. The highest BCUT2D eigenvalue weighted by Gasteiger charge is 2.39. The normalized spacial score (nSPS) is 11.9. The fourth-order valence-electron chi connectivity index (χ4n) is 2.98. The van der Waals surface area contributed by atoms with Crippen molar-refractivity contribution in [2.75, 3.05) is 35.5 Å². The fourth-order valence-corrected chi connectivity index (χ4v) is 4.27. The van der Waals surface area contributed by atoms with Gasteiger partial charge in [-0.2, -0.15) is 9.97 Å². The predicted octanol–water partition coefficient (Wildman–Crippen LogP) is 4.64. The smallest absolute Gasteiger partial charge is 0.375 e. The number of hydrogen-bond donors (Lipinski definition) is 0. The molecule has 0 saturated heterocycles. The minimum atomic E-state index is -3.90. The van der Waals surface area contributed by atoms with Crippen LogP contribution in [0.1, 0.15) is 21.8 Å². The minimum absolute atomic E-state index is 0.0233. The van der Waals surface area contributed by atoms with E-state index in [-0.39, 0.29) is 29.1 Å². The van der Waals surface area contributed by atoms with Crippen LogP contribution < -0.4 is 18.9 Å². The van der Waals surface area contributed by atoms with Crippen LogP contribution in [0.4, 0.5) is 0 Å². The molecule has 2 aromatic carbocycles. The van der Waals surface area contributed by atoms with E-state index in [0.717, 1.165) is 0 Å². The monoisotopic (exact) mass is 504 g/mol. The summed E-state index contributed by atoms with van der Waals surface area (Å²) in [5.74, 6) is -1.15. The van der Waals surface area contributed by atoms with Crippen molar-refractivity contribution in [3.05, 3.63) is 65.7 Å². The van der Waals surface area contributed by atoms with E-state index < -0.39 is 19.4 Å². The summed E-state index contributed by atoms with van der Waals surface area (Å²) in [5, 5.41) is 0. The van der Waals surface area contributed by atoms with E-state index in [2.05, 4.69) is 9.97 Å². The van der Waals surface area contributed by atoms with Crippen LogP contribution in [0.25, 0.3) is 0 Å². The van der Waals surface area contributed by atoms with Crippen LogP contribution in [0, 0.1) is 0 Å². The maximum atomic E-state index is 13.3. The topological polar surface area (TPSA) is 125 Å². The molecule has 0 aliphatic rings. The van der Waals surface area contributed by atoms with Crippen LogP contribution in [0.15, 0.2) is 54.6 Å². The molecule has 186 valence electrons. The second-order valence-corrected chi connectivity index (χ2v) is 9.05. The summed E-state index contributed by atoms with van der Waals surface area (Å²) in [5.41, 5.74) is 0.403. The van der Waals surface area contributed by atoms with Crippen LogP contribution in [0.5, 0.6) is 29.3 Å². The Morgan fingerprint density at radius 3 is 1.97 bits per heavy atom. The molecule has 0 saturated carbocycles. The molecule has 1 atom stereocenters. The molecule has 12 heteroatoms. The van der Waals surface area contributed by atoms with Gasteiger partial charge >= 0.3 is 19.6 Å². The number of carbonyl (C=O) groups is 1. The molecule has 0 N–H and O–H groups in total. The van der Waals surface area contributed by atoms with Gasteiger partial charge in [-0.3, -0.25) is 4.57 Å². The second-order valence-electron chi connectivity index (χ2n) is 6.77. The number of carbonyl (C=O) groups excluding carboxylic acids is 1. The Hall–Kier alpha value is -3.66. The maximum absolute atomic E-state index is 13.3. The first kappa shape index (κ1) is 26.0. The van der Waals surface area contributed by atoms with Gasteiger partial charge in [0.1, 0.15) is 17.1 Å². The van der Waals surface area contributed by atoms with Crippen molar-refractivity contribution >= 4 is 13.6 Å². The third-order valence-electron chi connectivity index (χ3n) is 4.80. The third kappa shape index (κ3) is 6.07. The summed E-state index contributed by atoms with van der Waals surface area (Å²) in [6.45, 7) is 0. The van der Waals surface area contributed by atoms with Crippen LogP contribution in [0.3, 0.4) is 0 Å². The lowest BCUT2D eigenvalue weighted by Gasteiger charge is -2.25. The number of nitrogens with zero attached hydrogens (tertiary/aromatic N) is 2. The molecule has 3 rings (SSSR count). The van der Waals surface area contributed by atoms with Gasteiger partial charge in [-0.1, -0.05) is 24.3 Å². The number of benzene rings is 2. The van der Waals surface area contributed by atoms with Gasteiger partial charge in [0, 0.05) is 19.8 Å². The molecule has 1 unspecified atom stereocenters. The zero-order valence-electron chi connectivity index (χ0n) is 19.8. The van der Waals surface area contributed by atoms with Crippen molar-refractivity contribution in [3.8, 4) is 29.3 Å². The van der Waals surface area contributed by atoms with Crippen LogP contribution in [-0.4, -0.2) is 51.5 Å². The molecule has 1 aromatic heterocycles. The summed E-state index contributed by atoms with van der Waals surface area (Å²) in [7, 11) is 2.89. The molecule has 3 aromatic rings. The number of methoxy groups -OCH3 is 3. The molecule has 0 aliphatic heterocycles. The zero-order chi connectivity index (χ0) is 25.4. The van der Waals surface area contributed by atoms with Gasteiger partial charge < -0.3 is 32.7 Å². The maximum Gasteiger partial charge on any atom is 0.375 e. The highest BCUT2D eigenvalue weighted by atomic mass is 31.2. The van der Waals surface area contributed by atoms with Crippen molar-refractivity contribution in [3.63, 3.8) is 0 Å². The van der Waals surface area contributed by atoms with Crippen molar-refractivity contribution < 1.29 is 42.1 Å². The Balaban J connectivity index is 1.95. The Labute approximate surface area is 202 Å². The molecule has 0 aliphatic carbocycles. The Morgan fingerprint density at radius 1 is 0.829 bits per heavy atom. The van der Waals surface area contributed by atoms with E-state index >= 15 is 0 Å². The van der Waals surface area contributed by atoms with Gasteiger partial charge in [0.05, 0.1) is 27.4 Å². The van der Waals surface area contributed by atoms with Crippen LogP contribution in [-0.2, 0) is 18.3 Å². The van der Waals surface area contributed by atoms with E-state index in [1.54, 1.807) is 36.4 Å². The highest BCUT2D eigenvalue weighted by Crippen LogP contribution is 2.60. The molecule has 0 bridgehead atoms. The number of para-hydroxylation sites is 1. The number of hydrogen-bond acceptors (Lipinski definition) is 11. The number of aromatic nitrogens is 2. The van der Waals surface area contributed by atoms with Gasteiger partial charge in [-0.15, -0.1) is 0 Å². The van der Waals surface area contributed by atoms with Crippen molar-refractivity contribution in [2.24, 2.45) is 0 Å². The number of ether oxygens (including phenoxy) is 5. The predicted molar refractivity (Wildman–Crippen MR) is 124 cm³/mol. The minimum Gasteiger partial charge on any atom is -0.497 e. The standard InChI is InChI=1S/C23H25N2O9P/c1-28-16-12-10-15(11-13-16)22(35(27,31-4)32-5)34-21(26)17-8-6-7-9-18(17)33-23-24-19(29-2)14-20(25-23)30-3/h6-14,22H,1-5H3. The molecule has 0 radical (unpaired) electrons. The molecular formula is C23H25N2O9P. The summed E-state index contributed by atoms with van der Waals surface area (Å²) < 4.78 is 50.3. The van der Waals surface area contributed by atoms with Crippen molar-refractivity contribution in [1.29, 1.82) is 0 Å². The Kier molecular flexibility index (Phi) is 8.64. The molecule has 0 fully saturated rings. The number of rotatable bonds is 11. The van der Waals surface area contributed by atoms with Gasteiger partial charge in [0.2, 0.25) is 17.6 Å². The second kappa shape index (κ2) is 11.7. The lowest BCUT2D eigenvalue weighted by Crippen LogP contribution is -2.15. The van der Waals surface area contributed by atoms with Gasteiger partial charge in [0.15, 0.2) is 0 Å². The first-order valence-electron chi connectivity index (χ1n) is 10.2. The van der Waals surface area contributed by atoms with Crippen LogP contribution in [0.2, 0.25) is 0 Å². The van der Waals surface area contributed by atoms with E-state index in [1.165, 1.54) is 53.7 Å². The largest absolute Gasteiger partial charge is 0.497 e. The average molecular weight is 504 g/mol. The van der Waals surface area contributed by atoms with Gasteiger partial charge in [-0.25, -0.2) is 4.79 Å². The van der Waals surface area contributed by atoms with Crippen molar-refractivity contribution in [2.45, 2.75) is 5.85 Å². The summed E-state index contributed by atoms with van der Waals surface area (Å²) >= 11 is 0. The molecule has 35 heavy (non-hydrogen) atoms. The first-order valence-corrected chi connectivity index (χ1v) is 11.8. The summed E-state index contributed by atoms with van der Waals surface area (Å²) in [6, 6.07) is 14.1. The molecule has 0 amide bonds. The molecular weight excluding hydrogens is 479 g/mol. The molecule has 1 heterocycles. The third-order valence-corrected chi connectivity index (χ3v) is 6.80. The average Bonchev–Trinajstić information content (AvgIpc) is 2.91. The fraction of sp³-hybridized carbons (Fsp3) is 0.261. The highest BCUT2D eigenvalue weighted by molar-refractivity contribution is 7.54. The van der Waals surface area contributed by atoms with E-state index in [4.69, 9.17) is 32.7 Å². The van der Waals surface area contributed by atoms with Gasteiger partial charge in [-0.05, 0) is 24.3 Å². The molecule has 0 spiro atoms. The Bertz CT molecular complexity index is 1170. The molecule has 11 nitrogen and oxygen atoms in total. The van der Waals surface area contributed by atoms with E-state index in [1.807, 2.05) is 0 Å². The Morgan fingerprint density at radius 2 is 1.43 bits per heavy atom. The first-order chi connectivity index (χ1) is 16.9. The SMILES string of the molecule is COc1ccc(C(OC(=O)c2ccccc2Oc2nc(OC)cc(OC)n2)P(=O)(OC)OC)cc1.